The van der Waals surface area contributed by atoms with E-state index in [0.29, 0.717) is 12.8 Å². The van der Waals surface area contributed by atoms with E-state index < -0.39 is 20.0 Å². The van der Waals surface area contributed by atoms with Crippen LogP contribution < -0.4 is 0 Å². The van der Waals surface area contributed by atoms with Crippen LogP contribution in [0.15, 0.2) is 0 Å². The van der Waals surface area contributed by atoms with Crippen molar-refractivity contribution in [2.45, 2.75) is 33.0 Å². The molecule has 0 bridgehead atoms. The Morgan fingerprint density at radius 2 is 1.53 bits per heavy atom. The molecular weight excluding hydrogens is 239 g/mol. The molecule has 4 nitrogen and oxygen atoms in total. The van der Waals surface area contributed by atoms with Gasteiger partial charge in [-0.2, -0.15) is 0 Å². The fraction of sp³-hybridized carbons (Fsp3) is 0.778. The first kappa shape index (κ1) is 18.2. The van der Waals surface area contributed by atoms with Crippen LogP contribution in [0.4, 0.5) is 0 Å². The van der Waals surface area contributed by atoms with Crippen LogP contribution >= 0.6 is 0 Å². The first-order valence-corrected chi connectivity index (χ1v) is 8.37. The summed E-state index contributed by atoms with van der Waals surface area (Å²) in [4.78, 5) is 21.9. The maximum Gasteiger partial charge on any atom is 0.317 e. The molecule has 0 heterocycles. The Kier molecular flexibility index (Phi) is 10.8. The van der Waals surface area contributed by atoms with Gasteiger partial charge >= 0.3 is 11.9 Å². The quantitative estimate of drug-likeness (QED) is 0.418. The van der Waals surface area contributed by atoms with Gasteiger partial charge < -0.3 is 9.47 Å². The second kappa shape index (κ2) is 8.89. The van der Waals surface area contributed by atoms with Crippen LogP contribution in [0.3, 0.4) is 0 Å². The molecule has 0 saturated heterocycles. The third-order valence-corrected chi connectivity index (χ3v) is 2.27. The van der Waals surface area contributed by atoms with Crippen molar-refractivity contribution in [3.63, 3.8) is 0 Å². The molecule has 0 aromatic rings. The molecule has 0 spiro atoms. The SMILES string of the molecule is CCOC(=O)CC(=O)OC[Si](C)(C)C.[K]. The normalized spacial score (nSPS) is 10.1. The monoisotopic (exact) mass is 257 g/mol. The number of rotatable bonds is 5. The Hall–Kier alpha value is 0.793. The fourth-order valence-corrected chi connectivity index (χ4v) is 1.27. The van der Waals surface area contributed by atoms with Crippen molar-refractivity contribution in [1.29, 1.82) is 0 Å². The summed E-state index contributed by atoms with van der Waals surface area (Å²) in [5.41, 5.74) is 0. The summed E-state index contributed by atoms with van der Waals surface area (Å²) >= 11 is 0. The van der Waals surface area contributed by atoms with E-state index in [1.165, 1.54) is 0 Å². The second-order valence-electron chi connectivity index (χ2n) is 4.20. The molecule has 0 aromatic carbocycles. The number of ether oxygens (including phenoxy) is 2. The van der Waals surface area contributed by atoms with Crippen LogP contribution in [-0.4, -0.2) is 84.2 Å². The average Bonchev–Trinajstić information content (AvgIpc) is 2.00. The van der Waals surface area contributed by atoms with Crippen LogP contribution in [0.5, 0.6) is 0 Å². The van der Waals surface area contributed by atoms with Gasteiger partial charge in [-0.05, 0) is 6.92 Å². The predicted molar refractivity (Wildman–Crippen MR) is 61.3 cm³/mol. The molecule has 0 N–H and O–H groups in total. The van der Waals surface area contributed by atoms with Gasteiger partial charge in [0.1, 0.15) is 6.42 Å². The van der Waals surface area contributed by atoms with E-state index in [0.717, 1.165) is 0 Å². The molecule has 0 aliphatic carbocycles. The zero-order valence-corrected chi connectivity index (χ0v) is 14.4. The number of carbonyl (C=O) groups excluding carboxylic acids is 2. The number of hydrogen-bond donors (Lipinski definition) is 0. The van der Waals surface area contributed by atoms with Crippen molar-refractivity contribution < 1.29 is 19.1 Å². The van der Waals surface area contributed by atoms with Gasteiger partial charge in [0.05, 0.1) is 20.9 Å². The molecule has 1 radical (unpaired) electrons. The summed E-state index contributed by atoms with van der Waals surface area (Å²) in [6.45, 7) is 8.26. The standard InChI is InChI=1S/C9H18O4Si.K/c1-5-12-8(10)6-9(11)13-7-14(2,3)4;/h5-7H2,1-4H3;. The molecule has 0 unspecified atom stereocenters. The molecular formula is C9H18KO4Si. The number of esters is 2. The Balaban J connectivity index is 0. The van der Waals surface area contributed by atoms with Gasteiger partial charge in [-0.25, -0.2) is 0 Å². The minimum absolute atomic E-state index is 0. The first-order valence-electron chi connectivity index (χ1n) is 4.66. The van der Waals surface area contributed by atoms with E-state index in [1.54, 1.807) is 6.92 Å². The van der Waals surface area contributed by atoms with Gasteiger partial charge in [-0.1, -0.05) is 19.6 Å². The largest absolute Gasteiger partial charge is 0.469 e. The van der Waals surface area contributed by atoms with Crippen molar-refractivity contribution in [3.05, 3.63) is 0 Å². The maximum absolute atomic E-state index is 11.1. The van der Waals surface area contributed by atoms with Crippen molar-refractivity contribution in [3.8, 4) is 0 Å². The summed E-state index contributed by atoms with van der Waals surface area (Å²) in [7, 11) is -1.38. The van der Waals surface area contributed by atoms with Gasteiger partial charge in [-0.15, -0.1) is 0 Å². The minimum Gasteiger partial charge on any atom is -0.469 e. The van der Waals surface area contributed by atoms with Crippen LogP contribution in [0.25, 0.3) is 0 Å². The van der Waals surface area contributed by atoms with Crippen molar-refractivity contribution in [2.24, 2.45) is 0 Å². The van der Waals surface area contributed by atoms with Gasteiger partial charge in [0, 0.05) is 51.4 Å². The predicted octanol–water partition coefficient (Wildman–Crippen LogP) is 0.979. The van der Waals surface area contributed by atoms with Crippen LogP contribution in [-0.2, 0) is 19.1 Å². The number of carbonyl (C=O) groups is 2. The Morgan fingerprint density at radius 3 is 1.93 bits per heavy atom. The fourth-order valence-electron chi connectivity index (χ4n) is 0.678. The molecule has 6 heteroatoms. The van der Waals surface area contributed by atoms with Gasteiger partial charge in [0.2, 0.25) is 0 Å². The van der Waals surface area contributed by atoms with Crippen molar-refractivity contribution in [2.75, 3.05) is 12.8 Å². The minimum atomic E-state index is -1.38. The average molecular weight is 257 g/mol. The van der Waals surface area contributed by atoms with Crippen molar-refractivity contribution >= 4 is 71.4 Å². The molecule has 83 valence electrons. The van der Waals surface area contributed by atoms with E-state index >= 15 is 0 Å². The molecule has 0 saturated carbocycles. The van der Waals surface area contributed by atoms with Gasteiger partial charge in [-0.3, -0.25) is 9.59 Å². The molecule has 15 heavy (non-hydrogen) atoms. The summed E-state index contributed by atoms with van der Waals surface area (Å²) in [6, 6.07) is 0. The Morgan fingerprint density at radius 1 is 1.07 bits per heavy atom. The molecule has 0 amide bonds. The molecule has 0 aromatic heterocycles. The zero-order chi connectivity index (χ0) is 11.2. The van der Waals surface area contributed by atoms with Crippen molar-refractivity contribution in [1.82, 2.24) is 0 Å². The summed E-state index contributed by atoms with van der Waals surface area (Å²) in [5, 5.41) is 0. The molecule has 0 fully saturated rings. The topological polar surface area (TPSA) is 52.6 Å². The smallest absolute Gasteiger partial charge is 0.317 e. The van der Waals surface area contributed by atoms with E-state index in [-0.39, 0.29) is 57.8 Å². The maximum atomic E-state index is 11.1. The van der Waals surface area contributed by atoms with E-state index in [4.69, 9.17) is 4.74 Å². The van der Waals surface area contributed by atoms with Crippen LogP contribution in [0, 0.1) is 0 Å². The third kappa shape index (κ3) is 12.7. The Bertz CT molecular complexity index is 213. The molecule has 0 atom stereocenters. The molecule has 0 rings (SSSR count). The van der Waals surface area contributed by atoms with Crippen LogP contribution in [0.1, 0.15) is 13.3 Å². The van der Waals surface area contributed by atoms with E-state index in [9.17, 15) is 9.59 Å². The van der Waals surface area contributed by atoms with E-state index in [1.807, 2.05) is 0 Å². The Labute approximate surface area is 135 Å². The van der Waals surface area contributed by atoms with E-state index in [2.05, 4.69) is 24.4 Å². The van der Waals surface area contributed by atoms with Gasteiger partial charge in [0.25, 0.3) is 0 Å². The summed E-state index contributed by atoms with van der Waals surface area (Å²) < 4.78 is 9.56. The summed E-state index contributed by atoms with van der Waals surface area (Å²) in [5.74, 6) is -1.01. The zero-order valence-electron chi connectivity index (χ0n) is 10.3. The molecule has 0 aliphatic rings. The van der Waals surface area contributed by atoms with Gasteiger partial charge in [0.15, 0.2) is 0 Å². The van der Waals surface area contributed by atoms with Crippen LogP contribution in [0.2, 0.25) is 19.6 Å². The first-order chi connectivity index (χ1) is 6.35. The second-order valence-corrected chi connectivity index (χ2v) is 9.61. The third-order valence-electron chi connectivity index (χ3n) is 1.26. The molecule has 0 aliphatic heterocycles. The number of hydrogen-bond acceptors (Lipinski definition) is 4. The summed E-state index contributed by atoms with van der Waals surface area (Å²) in [6.07, 6.45) is 0.170.